The van der Waals surface area contributed by atoms with E-state index in [-0.39, 0.29) is 22.6 Å². The van der Waals surface area contributed by atoms with Crippen molar-refractivity contribution in [2.24, 2.45) is 0 Å². The number of ether oxygens (including phenoxy) is 4. The summed E-state index contributed by atoms with van der Waals surface area (Å²) >= 11 is 0. The van der Waals surface area contributed by atoms with Crippen LogP contribution in [-0.4, -0.2) is 42.2 Å². The Hall–Kier alpha value is -3.94. The van der Waals surface area contributed by atoms with Gasteiger partial charge in [0, 0.05) is 23.3 Å². The molecule has 8 heteroatoms. The molecule has 2 heterocycles. The molecular formula is C21H16O8. The fourth-order valence-corrected chi connectivity index (χ4v) is 3.21. The summed E-state index contributed by atoms with van der Waals surface area (Å²) in [5.74, 6) is -2.33. The molecule has 0 bridgehead atoms. The molecule has 148 valence electrons. The lowest BCUT2D eigenvalue weighted by molar-refractivity contribution is -0.0338. The van der Waals surface area contributed by atoms with Gasteiger partial charge in [-0.25, -0.2) is 9.59 Å². The lowest BCUT2D eigenvalue weighted by atomic mass is 10.00. The first-order chi connectivity index (χ1) is 13.9. The molecule has 0 amide bonds. The Balaban J connectivity index is 1.77. The molecule has 0 aromatic heterocycles. The van der Waals surface area contributed by atoms with Crippen molar-refractivity contribution in [2.45, 2.75) is 5.79 Å². The second-order valence-electron chi connectivity index (χ2n) is 6.40. The molecule has 0 fully saturated rings. The summed E-state index contributed by atoms with van der Waals surface area (Å²) in [7, 11) is 2.83. The van der Waals surface area contributed by atoms with E-state index in [2.05, 4.69) is 0 Å². The van der Waals surface area contributed by atoms with Crippen LogP contribution in [0.3, 0.4) is 0 Å². The van der Waals surface area contributed by atoms with Crippen molar-refractivity contribution in [1.29, 1.82) is 0 Å². The molecule has 29 heavy (non-hydrogen) atoms. The number of carboxylic acid groups (broad SMARTS) is 2. The van der Waals surface area contributed by atoms with Gasteiger partial charge in [-0.3, -0.25) is 0 Å². The Kier molecular flexibility index (Phi) is 4.19. The van der Waals surface area contributed by atoms with E-state index in [1.165, 1.54) is 38.5 Å². The molecule has 2 aliphatic heterocycles. The summed E-state index contributed by atoms with van der Waals surface area (Å²) < 4.78 is 22.7. The predicted octanol–water partition coefficient (Wildman–Crippen LogP) is 3.31. The minimum absolute atomic E-state index is 0.0677. The monoisotopic (exact) mass is 396 g/mol. The van der Waals surface area contributed by atoms with Crippen LogP contribution in [0.2, 0.25) is 0 Å². The van der Waals surface area contributed by atoms with Gasteiger partial charge in [0.15, 0.2) is 23.0 Å². The second kappa shape index (κ2) is 6.59. The van der Waals surface area contributed by atoms with E-state index in [1.807, 2.05) is 0 Å². The van der Waals surface area contributed by atoms with E-state index in [1.54, 1.807) is 24.3 Å². The van der Waals surface area contributed by atoms with Crippen molar-refractivity contribution >= 4 is 24.1 Å². The molecule has 2 aromatic rings. The molecule has 2 aromatic carbocycles. The van der Waals surface area contributed by atoms with Crippen LogP contribution in [0, 0.1) is 0 Å². The largest absolute Gasteiger partial charge is 0.493 e. The van der Waals surface area contributed by atoms with Crippen LogP contribution < -0.4 is 18.9 Å². The number of rotatable bonds is 4. The summed E-state index contributed by atoms with van der Waals surface area (Å²) in [5, 5.41) is 18.5. The Bertz CT molecular complexity index is 1010. The zero-order chi connectivity index (χ0) is 20.8. The SMILES string of the molecule is COc1cc(C(=O)O)cc2c1OC1(C=C2)C=Cc2cc(C(=O)O)cc(OC)c2O1. The Morgan fingerprint density at radius 1 is 0.793 bits per heavy atom. The van der Waals surface area contributed by atoms with Gasteiger partial charge in [0.25, 0.3) is 5.79 Å². The third-order valence-electron chi connectivity index (χ3n) is 4.61. The second-order valence-corrected chi connectivity index (χ2v) is 6.40. The van der Waals surface area contributed by atoms with Gasteiger partial charge in [-0.2, -0.15) is 0 Å². The number of benzene rings is 2. The van der Waals surface area contributed by atoms with Gasteiger partial charge < -0.3 is 29.2 Å². The van der Waals surface area contributed by atoms with Gasteiger partial charge in [0.2, 0.25) is 0 Å². The molecule has 0 aliphatic carbocycles. The van der Waals surface area contributed by atoms with Crippen LogP contribution in [-0.2, 0) is 0 Å². The van der Waals surface area contributed by atoms with Crippen LogP contribution in [0.5, 0.6) is 23.0 Å². The minimum atomic E-state index is -1.32. The molecular weight excluding hydrogens is 380 g/mol. The van der Waals surface area contributed by atoms with E-state index >= 15 is 0 Å². The quantitative estimate of drug-likeness (QED) is 0.810. The zero-order valence-electron chi connectivity index (χ0n) is 15.5. The lowest BCUT2D eigenvalue weighted by Gasteiger charge is -2.36. The standard InChI is InChI=1S/C21H16O8/c1-26-15-9-13(19(22)23)7-11-3-5-21(28-17(11)15)6-4-12-8-14(20(24)25)10-16(27-2)18(12)29-21/h3-10H,1-2H3,(H,22,23)(H,24,25). The fraction of sp³-hybridized carbons (Fsp3) is 0.143. The van der Waals surface area contributed by atoms with Crippen LogP contribution in [0.4, 0.5) is 0 Å². The molecule has 2 aliphatic rings. The van der Waals surface area contributed by atoms with Crippen LogP contribution in [0.1, 0.15) is 31.8 Å². The number of carboxylic acids is 2. The molecule has 0 unspecified atom stereocenters. The zero-order valence-corrected chi connectivity index (χ0v) is 15.5. The fourth-order valence-electron chi connectivity index (χ4n) is 3.21. The van der Waals surface area contributed by atoms with E-state index in [0.717, 1.165) is 0 Å². The Morgan fingerprint density at radius 3 is 1.55 bits per heavy atom. The highest BCUT2D eigenvalue weighted by atomic mass is 16.7. The molecule has 4 rings (SSSR count). The highest BCUT2D eigenvalue weighted by molar-refractivity contribution is 5.91. The third-order valence-corrected chi connectivity index (χ3v) is 4.61. The topological polar surface area (TPSA) is 112 Å². The van der Waals surface area contributed by atoms with E-state index in [0.29, 0.717) is 22.6 Å². The van der Waals surface area contributed by atoms with Crippen LogP contribution >= 0.6 is 0 Å². The summed E-state index contributed by atoms with van der Waals surface area (Å²) in [6, 6.07) is 5.69. The minimum Gasteiger partial charge on any atom is -0.493 e. The van der Waals surface area contributed by atoms with Gasteiger partial charge in [0.1, 0.15) is 0 Å². The van der Waals surface area contributed by atoms with Crippen molar-refractivity contribution < 1.29 is 38.7 Å². The number of aromatic carboxylic acids is 2. The molecule has 0 saturated carbocycles. The predicted molar refractivity (Wildman–Crippen MR) is 102 cm³/mol. The average molecular weight is 396 g/mol. The summed E-state index contributed by atoms with van der Waals surface area (Å²) in [5.41, 5.74) is 1.20. The molecule has 8 nitrogen and oxygen atoms in total. The maximum absolute atomic E-state index is 11.3. The van der Waals surface area contributed by atoms with Gasteiger partial charge in [-0.1, -0.05) is 0 Å². The summed E-state index contributed by atoms with van der Waals surface area (Å²) in [6.07, 6.45) is 6.62. The van der Waals surface area contributed by atoms with E-state index in [9.17, 15) is 19.8 Å². The maximum Gasteiger partial charge on any atom is 0.335 e. The van der Waals surface area contributed by atoms with Crippen molar-refractivity contribution in [3.8, 4) is 23.0 Å². The van der Waals surface area contributed by atoms with E-state index in [4.69, 9.17) is 18.9 Å². The normalized spacial score (nSPS) is 15.0. The van der Waals surface area contributed by atoms with Crippen molar-refractivity contribution in [2.75, 3.05) is 14.2 Å². The summed E-state index contributed by atoms with van der Waals surface area (Å²) in [6.45, 7) is 0. The van der Waals surface area contributed by atoms with Crippen LogP contribution in [0.25, 0.3) is 12.2 Å². The molecule has 0 radical (unpaired) electrons. The highest BCUT2D eigenvalue weighted by Gasteiger charge is 2.38. The number of hydrogen-bond acceptors (Lipinski definition) is 6. The first-order valence-electron chi connectivity index (χ1n) is 8.53. The van der Waals surface area contributed by atoms with Crippen LogP contribution in [0.15, 0.2) is 36.4 Å². The number of fused-ring (bicyclic) bond motifs is 2. The number of methoxy groups -OCH3 is 2. The lowest BCUT2D eigenvalue weighted by Crippen LogP contribution is -2.41. The van der Waals surface area contributed by atoms with Gasteiger partial charge in [-0.15, -0.1) is 0 Å². The average Bonchev–Trinajstić information content (AvgIpc) is 2.72. The summed E-state index contributed by atoms with van der Waals surface area (Å²) in [4.78, 5) is 22.6. The van der Waals surface area contributed by atoms with Gasteiger partial charge >= 0.3 is 11.9 Å². The smallest absolute Gasteiger partial charge is 0.335 e. The Labute approximate surface area is 165 Å². The first-order valence-corrected chi connectivity index (χ1v) is 8.53. The first kappa shape index (κ1) is 18.4. The molecule has 0 saturated heterocycles. The van der Waals surface area contributed by atoms with E-state index < -0.39 is 17.7 Å². The van der Waals surface area contributed by atoms with Crippen molar-refractivity contribution in [3.05, 3.63) is 58.7 Å². The molecule has 1 spiro atoms. The van der Waals surface area contributed by atoms with Crippen molar-refractivity contribution in [3.63, 3.8) is 0 Å². The third kappa shape index (κ3) is 3.04. The Morgan fingerprint density at radius 2 is 1.21 bits per heavy atom. The molecule has 0 atom stereocenters. The molecule has 2 N–H and O–H groups in total. The highest BCUT2D eigenvalue weighted by Crippen LogP contribution is 2.45. The van der Waals surface area contributed by atoms with Crippen molar-refractivity contribution in [1.82, 2.24) is 0 Å². The van der Waals surface area contributed by atoms with Gasteiger partial charge in [0.05, 0.1) is 25.3 Å². The van der Waals surface area contributed by atoms with Gasteiger partial charge in [-0.05, 0) is 36.4 Å². The number of carbonyl (C=O) groups is 2. The number of hydrogen-bond donors (Lipinski definition) is 2. The maximum atomic E-state index is 11.3.